The third kappa shape index (κ3) is 2.98. The Balaban J connectivity index is 2.29. The fraction of sp³-hybridized carbons (Fsp3) is 0.562. The number of hydrogen-bond donors (Lipinski definition) is 0. The summed E-state index contributed by atoms with van der Waals surface area (Å²) >= 11 is 0. The van der Waals surface area contributed by atoms with E-state index in [2.05, 4.69) is 19.1 Å². The van der Waals surface area contributed by atoms with Crippen LogP contribution in [0.3, 0.4) is 0 Å². The van der Waals surface area contributed by atoms with Gasteiger partial charge in [-0.2, -0.15) is 0 Å². The third-order valence-electron chi connectivity index (χ3n) is 3.60. The normalized spacial score (nSPS) is 23.5. The second kappa shape index (κ2) is 5.33. The minimum Gasteiger partial charge on any atom is -0.372 e. The SMILES string of the molecule is Cc1cc(C)c(C(=O)N2C[C@H](C)O[C@@H](C)C2)c(C)c1. The highest BCUT2D eigenvalue weighted by Gasteiger charge is 2.28. The summed E-state index contributed by atoms with van der Waals surface area (Å²) < 4.78 is 5.69. The number of ether oxygens (including phenoxy) is 1. The molecule has 19 heavy (non-hydrogen) atoms. The van der Waals surface area contributed by atoms with Crippen LogP contribution in [0.15, 0.2) is 12.1 Å². The van der Waals surface area contributed by atoms with Gasteiger partial charge in [0.05, 0.1) is 12.2 Å². The van der Waals surface area contributed by atoms with Gasteiger partial charge in [0.1, 0.15) is 0 Å². The van der Waals surface area contributed by atoms with E-state index in [1.807, 2.05) is 32.6 Å². The quantitative estimate of drug-likeness (QED) is 0.778. The van der Waals surface area contributed by atoms with Gasteiger partial charge in [-0.25, -0.2) is 0 Å². The molecule has 104 valence electrons. The number of carbonyl (C=O) groups excluding carboxylic acids is 1. The lowest BCUT2D eigenvalue weighted by atomic mass is 9.98. The van der Waals surface area contributed by atoms with Crippen LogP contribution < -0.4 is 0 Å². The van der Waals surface area contributed by atoms with Crippen LogP contribution in [0.4, 0.5) is 0 Å². The molecule has 2 atom stereocenters. The highest BCUT2D eigenvalue weighted by molar-refractivity contribution is 5.97. The molecule has 0 bridgehead atoms. The summed E-state index contributed by atoms with van der Waals surface area (Å²) in [5.74, 6) is 0.136. The average molecular weight is 261 g/mol. The van der Waals surface area contributed by atoms with Gasteiger partial charge < -0.3 is 9.64 Å². The largest absolute Gasteiger partial charge is 0.372 e. The van der Waals surface area contributed by atoms with Crippen molar-refractivity contribution in [2.45, 2.75) is 46.8 Å². The number of rotatable bonds is 1. The minimum atomic E-state index is 0.110. The molecule has 1 aromatic rings. The molecular formula is C16H23NO2. The highest BCUT2D eigenvalue weighted by Crippen LogP contribution is 2.21. The topological polar surface area (TPSA) is 29.5 Å². The molecule has 0 aromatic heterocycles. The summed E-state index contributed by atoms with van der Waals surface area (Å²) in [6.07, 6.45) is 0.220. The Hall–Kier alpha value is -1.35. The van der Waals surface area contributed by atoms with Crippen LogP contribution in [-0.2, 0) is 4.74 Å². The fourth-order valence-electron chi connectivity index (χ4n) is 3.02. The summed E-state index contributed by atoms with van der Waals surface area (Å²) in [6.45, 7) is 11.5. The first kappa shape index (κ1) is 14.1. The standard InChI is InChI=1S/C16H23NO2/c1-10-6-11(2)15(12(3)7-10)16(18)17-8-13(4)19-14(5)9-17/h6-7,13-14H,8-9H2,1-5H3/t13-,14-/m0/s1. The number of carbonyl (C=O) groups is 1. The van der Waals surface area contributed by atoms with E-state index < -0.39 is 0 Å². The van der Waals surface area contributed by atoms with Crippen molar-refractivity contribution in [2.75, 3.05) is 13.1 Å². The van der Waals surface area contributed by atoms with Crippen molar-refractivity contribution in [3.63, 3.8) is 0 Å². The van der Waals surface area contributed by atoms with Gasteiger partial charge in [0.15, 0.2) is 0 Å². The number of hydrogen-bond acceptors (Lipinski definition) is 2. The Kier molecular flexibility index (Phi) is 3.95. The number of benzene rings is 1. The zero-order valence-electron chi connectivity index (χ0n) is 12.5. The maximum absolute atomic E-state index is 12.7. The van der Waals surface area contributed by atoms with Gasteiger partial charge in [-0.15, -0.1) is 0 Å². The van der Waals surface area contributed by atoms with E-state index in [0.29, 0.717) is 13.1 Å². The molecule has 1 aliphatic rings. The van der Waals surface area contributed by atoms with Crippen molar-refractivity contribution >= 4 is 5.91 Å². The van der Waals surface area contributed by atoms with Crippen LogP contribution in [0, 0.1) is 20.8 Å². The van der Waals surface area contributed by atoms with Crippen LogP contribution >= 0.6 is 0 Å². The molecule has 0 N–H and O–H groups in total. The Bertz CT molecular complexity index is 463. The van der Waals surface area contributed by atoms with Crippen LogP contribution in [0.1, 0.15) is 40.9 Å². The molecule has 2 rings (SSSR count). The van der Waals surface area contributed by atoms with Crippen molar-refractivity contribution in [1.29, 1.82) is 0 Å². The zero-order valence-corrected chi connectivity index (χ0v) is 12.5. The van der Waals surface area contributed by atoms with Crippen LogP contribution in [0.2, 0.25) is 0 Å². The lowest BCUT2D eigenvalue weighted by Gasteiger charge is -2.36. The molecule has 1 fully saturated rings. The smallest absolute Gasteiger partial charge is 0.254 e. The second-order valence-corrected chi connectivity index (χ2v) is 5.74. The minimum absolute atomic E-state index is 0.110. The first-order chi connectivity index (χ1) is 8.88. The van der Waals surface area contributed by atoms with Crippen molar-refractivity contribution in [2.24, 2.45) is 0 Å². The predicted molar refractivity (Wildman–Crippen MR) is 76.6 cm³/mol. The summed E-state index contributed by atoms with van der Waals surface area (Å²) in [4.78, 5) is 14.6. The molecule has 0 radical (unpaired) electrons. The van der Waals surface area contributed by atoms with Gasteiger partial charge in [0.2, 0.25) is 0 Å². The molecule has 1 heterocycles. The fourth-order valence-corrected chi connectivity index (χ4v) is 3.02. The molecule has 0 unspecified atom stereocenters. The Morgan fingerprint density at radius 2 is 1.58 bits per heavy atom. The van der Waals surface area contributed by atoms with Gasteiger partial charge in [0, 0.05) is 18.7 Å². The summed E-state index contributed by atoms with van der Waals surface area (Å²) in [5.41, 5.74) is 4.19. The Morgan fingerprint density at radius 3 is 2.05 bits per heavy atom. The third-order valence-corrected chi connectivity index (χ3v) is 3.60. The molecular weight excluding hydrogens is 238 g/mol. The molecule has 3 heteroatoms. The number of aryl methyl sites for hydroxylation is 3. The van der Waals surface area contributed by atoms with E-state index in [0.717, 1.165) is 16.7 Å². The van der Waals surface area contributed by atoms with Crippen molar-refractivity contribution in [3.05, 3.63) is 34.4 Å². The molecule has 1 saturated heterocycles. The van der Waals surface area contributed by atoms with Gasteiger partial charge in [0.25, 0.3) is 5.91 Å². The first-order valence-corrected chi connectivity index (χ1v) is 6.91. The van der Waals surface area contributed by atoms with Crippen molar-refractivity contribution < 1.29 is 9.53 Å². The molecule has 3 nitrogen and oxygen atoms in total. The van der Waals surface area contributed by atoms with E-state index in [4.69, 9.17) is 4.74 Å². The van der Waals surface area contributed by atoms with Crippen LogP contribution in [0.5, 0.6) is 0 Å². The first-order valence-electron chi connectivity index (χ1n) is 6.91. The summed E-state index contributed by atoms with van der Waals surface area (Å²) in [7, 11) is 0. The maximum Gasteiger partial charge on any atom is 0.254 e. The van der Waals surface area contributed by atoms with Crippen molar-refractivity contribution in [1.82, 2.24) is 4.90 Å². The number of morpholine rings is 1. The summed E-state index contributed by atoms with van der Waals surface area (Å²) in [6, 6.07) is 4.15. The van der Waals surface area contributed by atoms with E-state index >= 15 is 0 Å². The molecule has 1 amide bonds. The van der Waals surface area contributed by atoms with E-state index in [-0.39, 0.29) is 18.1 Å². The maximum atomic E-state index is 12.7. The average Bonchev–Trinajstić information content (AvgIpc) is 2.25. The molecule has 0 aliphatic carbocycles. The molecule has 1 aliphatic heterocycles. The lowest BCUT2D eigenvalue weighted by Crippen LogP contribution is -2.48. The van der Waals surface area contributed by atoms with E-state index in [1.54, 1.807) is 0 Å². The van der Waals surface area contributed by atoms with Gasteiger partial charge in [-0.1, -0.05) is 17.7 Å². The number of amides is 1. The number of nitrogens with zero attached hydrogens (tertiary/aromatic N) is 1. The Morgan fingerprint density at radius 1 is 1.11 bits per heavy atom. The highest BCUT2D eigenvalue weighted by atomic mass is 16.5. The van der Waals surface area contributed by atoms with Gasteiger partial charge in [-0.3, -0.25) is 4.79 Å². The molecule has 0 spiro atoms. The molecule has 1 aromatic carbocycles. The van der Waals surface area contributed by atoms with E-state index in [1.165, 1.54) is 5.56 Å². The van der Waals surface area contributed by atoms with E-state index in [9.17, 15) is 4.79 Å². The Labute approximate surface area is 115 Å². The van der Waals surface area contributed by atoms with Gasteiger partial charge >= 0.3 is 0 Å². The van der Waals surface area contributed by atoms with Crippen LogP contribution in [-0.4, -0.2) is 36.1 Å². The monoisotopic (exact) mass is 261 g/mol. The predicted octanol–water partition coefficient (Wildman–Crippen LogP) is 2.86. The summed E-state index contributed by atoms with van der Waals surface area (Å²) in [5, 5.41) is 0. The lowest BCUT2D eigenvalue weighted by molar-refractivity contribution is -0.0586. The zero-order chi connectivity index (χ0) is 14.2. The van der Waals surface area contributed by atoms with Crippen LogP contribution in [0.25, 0.3) is 0 Å². The van der Waals surface area contributed by atoms with Gasteiger partial charge in [-0.05, 0) is 45.7 Å². The van der Waals surface area contributed by atoms with Crippen molar-refractivity contribution in [3.8, 4) is 0 Å². The molecule has 0 saturated carbocycles. The second-order valence-electron chi connectivity index (χ2n) is 5.74.